The molecule has 0 aliphatic carbocycles. The van der Waals surface area contributed by atoms with Crippen LogP contribution in [-0.2, 0) is 16.0 Å². The molecule has 2 aromatic heterocycles. The van der Waals surface area contributed by atoms with E-state index in [0.29, 0.717) is 24.9 Å². The number of benzene rings is 1. The second-order valence-electron chi connectivity index (χ2n) is 8.15. The minimum Gasteiger partial charge on any atom is -0.469 e. The monoisotopic (exact) mass is 466 g/mol. The zero-order valence-electron chi connectivity index (χ0n) is 20.6. The molecule has 2 heterocycles. The number of furan rings is 1. The maximum absolute atomic E-state index is 12.8. The van der Waals surface area contributed by atoms with Gasteiger partial charge in [-0.1, -0.05) is 13.8 Å². The van der Waals surface area contributed by atoms with Crippen molar-refractivity contribution < 1.29 is 18.7 Å². The van der Waals surface area contributed by atoms with Crippen molar-refractivity contribution in [2.75, 3.05) is 26.7 Å². The fourth-order valence-corrected chi connectivity index (χ4v) is 4.22. The number of hydrogen-bond acceptors (Lipinski definition) is 6. The Labute approximate surface area is 200 Å². The normalized spacial score (nSPS) is 12.1. The minimum absolute atomic E-state index is 0.0219. The van der Waals surface area contributed by atoms with E-state index >= 15 is 0 Å². The average Bonchev–Trinajstić information content (AvgIpc) is 3.48. The van der Waals surface area contributed by atoms with E-state index in [0.717, 1.165) is 41.5 Å². The SMILES string of the molecule is CCN(CC)C(CNC(=O)c1ccc(-n2nc(C)c(CCC(=O)OC)c2C)cc1)c1ccco1. The van der Waals surface area contributed by atoms with Crippen molar-refractivity contribution in [3.63, 3.8) is 0 Å². The highest BCUT2D eigenvalue weighted by atomic mass is 16.5. The largest absolute Gasteiger partial charge is 0.469 e. The Morgan fingerprint density at radius 1 is 1.15 bits per heavy atom. The molecule has 8 nitrogen and oxygen atoms in total. The van der Waals surface area contributed by atoms with Gasteiger partial charge in [-0.3, -0.25) is 14.5 Å². The third-order valence-corrected chi connectivity index (χ3v) is 6.20. The number of nitrogens with zero attached hydrogens (tertiary/aromatic N) is 3. The summed E-state index contributed by atoms with van der Waals surface area (Å²) in [5.74, 6) is 0.464. The number of carbonyl (C=O) groups excluding carboxylic acids is 2. The molecule has 0 bridgehead atoms. The number of rotatable bonds is 11. The van der Waals surface area contributed by atoms with Crippen LogP contribution in [0.3, 0.4) is 0 Å². The first-order valence-corrected chi connectivity index (χ1v) is 11.7. The van der Waals surface area contributed by atoms with Gasteiger partial charge in [0.1, 0.15) is 5.76 Å². The van der Waals surface area contributed by atoms with Crippen LogP contribution in [0.25, 0.3) is 5.69 Å². The van der Waals surface area contributed by atoms with Crippen molar-refractivity contribution in [3.8, 4) is 5.69 Å². The molecule has 3 rings (SSSR count). The van der Waals surface area contributed by atoms with Gasteiger partial charge in [-0.25, -0.2) is 4.68 Å². The van der Waals surface area contributed by atoms with Crippen LogP contribution in [0.5, 0.6) is 0 Å². The molecule has 1 aromatic carbocycles. The second-order valence-corrected chi connectivity index (χ2v) is 8.15. The van der Waals surface area contributed by atoms with E-state index in [1.54, 1.807) is 18.4 Å². The maximum Gasteiger partial charge on any atom is 0.305 e. The van der Waals surface area contributed by atoms with Crippen molar-refractivity contribution in [3.05, 3.63) is 70.9 Å². The number of carbonyl (C=O) groups is 2. The highest BCUT2D eigenvalue weighted by Crippen LogP contribution is 2.22. The molecular formula is C26H34N4O4. The summed E-state index contributed by atoms with van der Waals surface area (Å²) in [5.41, 5.74) is 4.32. The highest BCUT2D eigenvalue weighted by Gasteiger charge is 2.22. The molecule has 0 radical (unpaired) electrons. The molecule has 1 atom stereocenters. The van der Waals surface area contributed by atoms with Crippen molar-refractivity contribution >= 4 is 11.9 Å². The summed E-state index contributed by atoms with van der Waals surface area (Å²) in [6, 6.07) is 11.2. The van der Waals surface area contributed by atoms with E-state index in [1.165, 1.54) is 7.11 Å². The quantitative estimate of drug-likeness (QED) is 0.430. The maximum atomic E-state index is 12.8. The standard InChI is InChI=1S/C26H34N4O4/c1-6-29(7-2)23(24-9-8-16-34-24)17-27-26(32)20-10-12-21(13-11-20)30-19(4)22(18(3)28-30)14-15-25(31)33-5/h8-13,16,23H,6-7,14-15,17H2,1-5H3,(H,27,32). The molecule has 1 unspecified atom stereocenters. The summed E-state index contributed by atoms with van der Waals surface area (Å²) < 4.78 is 12.2. The summed E-state index contributed by atoms with van der Waals surface area (Å²) >= 11 is 0. The van der Waals surface area contributed by atoms with Gasteiger partial charge in [-0.2, -0.15) is 5.10 Å². The summed E-state index contributed by atoms with van der Waals surface area (Å²) in [6.45, 7) is 10.3. The van der Waals surface area contributed by atoms with Crippen LogP contribution in [0.15, 0.2) is 47.1 Å². The fraction of sp³-hybridized carbons (Fsp3) is 0.423. The molecule has 8 heteroatoms. The molecule has 0 saturated heterocycles. The Balaban J connectivity index is 1.69. The predicted molar refractivity (Wildman–Crippen MR) is 130 cm³/mol. The highest BCUT2D eigenvalue weighted by molar-refractivity contribution is 5.94. The van der Waals surface area contributed by atoms with Crippen LogP contribution < -0.4 is 5.32 Å². The first kappa shape index (κ1) is 25.2. The lowest BCUT2D eigenvalue weighted by molar-refractivity contribution is -0.140. The van der Waals surface area contributed by atoms with Crippen molar-refractivity contribution in [2.45, 2.75) is 46.6 Å². The van der Waals surface area contributed by atoms with E-state index in [-0.39, 0.29) is 17.9 Å². The Kier molecular flexibility index (Phi) is 8.65. The van der Waals surface area contributed by atoms with E-state index in [4.69, 9.17) is 9.15 Å². The third-order valence-electron chi connectivity index (χ3n) is 6.20. The smallest absolute Gasteiger partial charge is 0.305 e. The summed E-state index contributed by atoms with van der Waals surface area (Å²) in [6.07, 6.45) is 2.55. The molecule has 1 amide bonds. The minimum atomic E-state index is -0.239. The molecule has 0 spiro atoms. The Morgan fingerprint density at radius 3 is 2.44 bits per heavy atom. The lowest BCUT2D eigenvalue weighted by Gasteiger charge is -2.28. The predicted octanol–water partition coefficient (Wildman–Crippen LogP) is 4.00. The van der Waals surface area contributed by atoms with Crippen LogP contribution in [0.2, 0.25) is 0 Å². The fourth-order valence-electron chi connectivity index (χ4n) is 4.22. The lowest BCUT2D eigenvalue weighted by atomic mass is 10.1. The van der Waals surface area contributed by atoms with E-state index in [2.05, 4.69) is 29.2 Å². The first-order valence-electron chi connectivity index (χ1n) is 11.7. The van der Waals surface area contributed by atoms with E-state index in [1.807, 2.05) is 42.8 Å². The Bertz CT molecular complexity index is 1080. The molecule has 34 heavy (non-hydrogen) atoms. The number of aryl methyl sites for hydroxylation is 1. The molecule has 0 aliphatic rings. The molecular weight excluding hydrogens is 432 g/mol. The van der Waals surface area contributed by atoms with Crippen molar-refractivity contribution in [2.24, 2.45) is 0 Å². The van der Waals surface area contributed by atoms with Crippen LogP contribution in [-0.4, -0.2) is 53.3 Å². The van der Waals surface area contributed by atoms with Crippen LogP contribution in [0, 0.1) is 13.8 Å². The average molecular weight is 467 g/mol. The summed E-state index contributed by atoms with van der Waals surface area (Å²) in [5, 5.41) is 7.68. The number of amides is 1. The summed E-state index contributed by atoms with van der Waals surface area (Å²) in [7, 11) is 1.39. The van der Waals surface area contributed by atoms with Gasteiger partial charge in [0, 0.05) is 24.2 Å². The van der Waals surface area contributed by atoms with Crippen LogP contribution in [0.4, 0.5) is 0 Å². The Morgan fingerprint density at radius 2 is 1.85 bits per heavy atom. The van der Waals surface area contributed by atoms with E-state index in [9.17, 15) is 9.59 Å². The van der Waals surface area contributed by atoms with Crippen molar-refractivity contribution in [1.82, 2.24) is 20.0 Å². The lowest BCUT2D eigenvalue weighted by Crippen LogP contribution is -2.37. The number of likely N-dealkylation sites (N-methyl/N-ethyl adjacent to an activating group) is 1. The van der Waals surface area contributed by atoms with Gasteiger partial charge in [-0.05, 0) is 75.3 Å². The number of hydrogen-bond donors (Lipinski definition) is 1. The molecule has 1 N–H and O–H groups in total. The third kappa shape index (κ3) is 5.75. The zero-order valence-corrected chi connectivity index (χ0v) is 20.6. The van der Waals surface area contributed by atoms with Crippen LogP contribution >= 0.6 is 0 Å². The number of esters is 1. The van der Waals surface area contributed by atoms with Gasteiger partial charge in [0.25, 0.3) is 5.91 Å². The number of aromatic nitrogens is 2. The summed E-state index contributed by atoms with van der Waals surface area (Å²) in [4.78, 5) is 26.6. The molecule has 0 saturated carbocycles. The number of ether oxygens (including phenoxy) is 1. The molecule has 3 aromatic rings. The van der Waals surface area contributed by atoms with Gasteiger partial charge in [0.15, 0.2) is 0 Å². The second kappa shape index (κ2) is 11.7. The van der Waals surface area contributed by atoms with Crippen molar-refractivity contribution in [1.29, 1.82) is 0 Å². The van der Waals surface area contributed by atoms with Gasteiger partial charge in [-0.15, -0.1) is 0 Å². The Hall–Kier alpha value is -3.39. The molecule has 182 valence electrons. The van der Waals surface area contributed by atoms with E-state index < -0.39 is 0 Å². The topological polar surface area (TPSA) is 89.6 Å². The van der Waals surface area contributed by atoms with Crippen LogP contribution in [0.1, 0.15) is 59.4 Å². The first-order chi connectivity index (χ1) is 16.4. The van der Waals surface area contributed by atoms with Gasteiger partial charge >= 0.3 is 5.97 Å². The molecule has 0 fully saturated rings. The molecule has 0 aliphatic heterocycles. The van der Waals surface area contributed by atoms with Gasteiger partial charge < -0.3 is 14.5 Å². The number of methoxy groups -OCH3 is 1. The van der Waals surface area contributed by atoms with Gasteiger partial charge in [0.2, 0.25) is 0 Å². The zero-order chi connectivity index (χ0) is 24.7. The van der Waals surface area contributed by atoms with Gasteiger partial charge in [0.05, 0.1) is 30.8 Å². The number of nitrogens with one attached hydrogen (secondary N) is 1.